The molecule has 0 aliphatic heterocycles. The number of likely N-dealkylation sites (N-methyl/N-ethyl adjacent to an activating group) is 1. The van der Waals surface area contributed by atoms with Gasteiger partial charge in [0.2, 0.25) is 0 Å². The summed E-state index contributed by atoms with van der Waals surface area (Å²) < 4.78 is 6.40. The third kappa shape index (κ3) is 5.34. The molecule has 0 saturated carbocycles. The van der Waals surface area contributed by atoms with Crippen molar-refractivity contribution in [1.29, 1.82) is 0 Å². The summed E-state index contributed by atoms with van der Waals surface area (Å²) >= 11 is 5.14. The third-order valence-corrected chi connectivity index (χ3v) is 5.09. The zero-order valence-corrected chi connectivity index (χ0v) is 16.0. The van der Waals surface area contributed by atoms with Crippen LogP contribution in [0, 0.1) is 0 Å². The lowest BCUT2D eigenvalue weighted by Crippen LogP contribution is -3.08. The van der Waals surface area contributed by atoms with Crippen molar-refractivity contribution in [2.75, 3.05) is 20.7 Å². The molecule has 2 aromatic rings. The Bertz CT molecular complexity index is 646. The van der Waals surface area contributed by atoms with E-state index in [0.717, 1.165) is 27.2 Å². The van der Waals surface area contributed by atoms with E-state index in [4.69, 9.17) is 4.74 Å². The van der Waals surface area contributed by atoms with E-state index in [9.17, 15) is 4.79 Å². The number of hydrogen-bond acceptors (Lipinski definition) is 3. The molecule has 2 atom stereocenters. The molecule has 0 aliphatic rings. The van der Waals surface area contributed by atoms with Gasteiger partial charge in [0, 0.05) is 14.9 Å². The molecule has 6 heteroatoms. The number of benzene rings is 1. The van der Waals surface area contributed by atoms with E-state index in [1.165, 1.54) is 4.88 Å². The summed E-state index contributed by atoms with van der Waals surface area (Å²) in [6.07, 6.45) is 0. The van der Waals surface area contributed by atoms with Gasteiger partial charge in [-0.1, -0.05) is 22.0 Å². The second-order valence-electron chi connectivity index (χ2n) is 5.57. The van der Waals surface area contributed by atoms with Gasteiger partial charge in [0.05, 0.1) is 20.2 Å². The van der Waals surface area contributed by atoms with Gasteiger partial charge in [0.1, 0.15) is 12.3 Å². The van der Waals surface area contributed by atoms with E-state index in [1.807, 2.05) is 49.7 Å². The fourth-order valence-corrected chi connectivity index (χ4v) is 3.59. The van der Waals surface area contributed by atoms with Gasteiger partial charge in [-0.25, -0.2) is 0 Å². The molecule has 0 fully saturated rings. The first-order valence-corrected chi connectivity index (χ1v) is 9.13. The number of methoxy groups -OCH3 is 1. The summed E-state index contributed by atoms with van der Waals surface area (Å²) in [6, 6.07) is 10.0. The van der Waals surface area contributed by atoms with E-state index in [0.29, 0.717) is 6.54 Å². The van der Waals surface area contributed by atoms with Crippen molar-refractivity contribution in [3.05, 3.63) is 50.6 Å². The Morgan fingerprint density at radius 2 is 2.22 bits per heavy atom. The Morgan fingerprint density at radius 1 is 1.43 bits per heavy atom. The normalized spacial score (nSPS) is 13.4. The predicted octanol–water partition coefficient (Wildman–Crippen LogP) is 2.41. The van der Waals surface area contributed by atoms with E-state index < -0.39 is 0 Å². The molecule has 2 rings (SSSR count). The van der Waals surface area contributed by atoms with Crippen molar-refractivity contribution in [2.24, 2.45) is 0 Å². The highest BCUT2D eigenvalue weighted by molar-refractivity contribution is 9.10. The summed E-state index contributed by atoms with van der Waals surface area (Å²) in [5.74, 6) is 0.900. The van der Waals surface area contributed by atoms with Gasteiger partial charge >= 0.3 is 0 Å². The number of quaternary nitrogens is 1. The summed E-state index contributed by atoms with van der Waals surface area (Å²) in [6.45, 7) is 3.16. The fourth-order valence-electron chi connectivity index (χ4n) is 2.45. The number of rotatable bonds is 7. The summed E-state index contributed by atoms with van der Waals surface area (Å²) in [5.41, 5.74) is 1.08. The number of hydrogen-bond donors (Lipinski definition) is 2. The minimum absolute atomic E-state index is 0.0516. The Kier molecular flexibility index (Phi) is 6.62. The molecule has 0 saturated heterocycles. The minimum Gasteiger partial charge on any atom is -0.496 e. The number of carbonyl (C=O) groups excluding carboxylic acids is 1. The Morgan fingerprint density at radius 3 is 2.87 bits per heavy atom. The highest BCUT2D eigenvalue weighted by Gasteiger charge is 2.16. The van der Waals surface area contributed by atoms with Crippen LogP contribution in [-0.4, -0.2) is 26.6 Å². The number of carbonyl (C=O) groups is 1. The fraction of sp³-hybridized carbons (Fsp3) is 0.353. The molecule has 1 heterocycles. The first-order chi connectivity index (χ1) is 11.0. The smallest absolute Gasteiger partial charge is 0.275 e. The Hall–Kier alpha value is -1.37. The molecule has 0 spiro atoms. The van der Waals surface area contributed by atoms with Crippen LogP contribution in [0.2, 0.25) is 0 Å². The Labute approximate surface area is 149 Å². The lowest BCUT2D eigenvalue weighted by Gasteiger charge is -2.17. The number of amides is 1. The van der Waals surface area contributed by atoms with Crippen molar-refractivity contribution < 1.29 is 14.4 Å². The van der Waals surface area contributed by atoms with E-state index in [2.05, 4.69) is 21.2 Å². The third-order valence-electron chi connectivity index (χ3n) is 3.54. The van der Waals surface area contributed by atoms with Gasteiger partial charge in [-0.15, -0.1) is 11.3 Å². The van der Waals surface area contributed by atoms with Crippen molar-refractivity contribution >= 4 is 33.2 Å². The minimum atomic E-state index is 0.0516. The highest BCUT2D eigenvalue weighted by atomic mass is 79.9. The maximum atomic E-state index is 12.2. The van der Waals surface area contributed by atoms with Gasteiger partial charge < -0.3 is 15.0 Å². The topological polar surface area (TPSA) is 42.8 Å². The molecule has 1 unspecified atom stereocenters. The lowest BCUT2D eigenvalue weighted by atomic mass is 10.2. The predicted molar refractivity (Wildman–Crippen MR) is 97.0 cm³/mol. The van der Waals surface area contributed by atoms with E-state index in [1.54, 1.807) is 18.4 Å². The van der Waals surface area contributed by atoms with Gasteiger partial charge in [-0.3, -0.25) is 4.79 Å². The average molecular weight is 398 g/mol. The molecule has 1 aromatic carbocycles. The van der Waals surface area contributed by atoms with Crippen LogP contribution in [0.5, 0.6) is 5.75 Å². The SMILES string of the molecule is COc1ccc(Br)cc1C[NH+](C)CC(=O)N[C@H](C)c1cccs1. The van der Waals surface area contributed by atoms with Gasteiger partial charge in [0.25, 0.3) is 5.91 Å². The van der Waals surface area contributed by atoms with Crippen LogP contribution in [0.1, 0.15) is 23.4 Å². The van der Waals surface area contributed by atoms with E-state index in [-0.39, 0.29) is 11.9 Å². The van der Waals surface area contributed by atoms with Crippen LogP contribution < -0.4 is 15.0 Å². The summed E-state index contributed by atoms with van der Waals surface area (Å²) in [5, 5.41) is 5.07. The molecule has 4 nitrogen and oxygen atoms in total. The molecular formula is C17H22BrN2O2S+. The molecule has 1 aromatic heterocycles. The molecule has 0 aliphatic carbocycles. The Balaban J connectivity index is 1.90. The summed E-state index contributed by atoms with van der Waals surface area (Å²) in [7, 11) is 3.67. The van der Waals surface area contributed by atoms with Crippen molar-refractivity contribution in [2.45, 2.75) is 19.5 Å². The maximum absolute atomic E-state index is 12.2. The lowest BCUT2D eigenvalue weighted by molar-refractivity contribution is -0.885. The number of nitrogens with one attached hydrogen (secondary N) is 2. The molecular weight excluding hydrogens is 376 g/mol. The largest absolute Gasteiger partial charge is 0.496 e. The average Bonchev–Trinajstić information content (AvgIpc) is 3.01. The molecule has 2 N–H and O–H groups in total. The van der Waals surface area contributed by atoms with Gasteiger partial charge in [-0.2, -0.15) is 0 Å². The highest BCUT2D eigenvalue weighted by Crippen LogP contribution is 2.22. The molecule has 0 bridgehead atoms. The molecule has 0 radical (unpaired) electrons. The van der Waals surface area contributed by atoms with Gasteiger partial charge in [-0.05, 0) is 36.6 Å². The van der Waals surface area contributed by atoms with Crippen LogP contribution in [0.3, 0.4) is 0 Å². The van der Waals surface area contributed by atoms with Gasteiger partial charge in [0.15, 0.2) is 6.54 Å². The molecule has 23 heavy (non-hydrogen) atoms. The summed E-state index contributed by atoms with van der Waals surface area (Å²) in [4.78, 5) is 14.5. The zero-order valence-electron chi connectivity index (χ0n) is 13.6. The van der Waals surface area contributed by atoms with Crippen LogP contribution in [0.25, 0.3) is 0 Å². The van der Waals surface area contributed by atoms with Crippen LogP contribution in [-0.2, 0) is 11.3 Å². The van der Waals surface area contributed by atoms with Crippen LogP contribution >= 0.6 is 27.3 Å². The van der Waals surface area contributed by atoms with Crippen LogP contribution in [0.15, 0.2) is 40.2 Å². The standard InChI is InChI=1S/C17H21BrN2O2S/c1-12(16-5-4-8-23-16)19-17(21)11-20(2)10-13-9-14(18)6-7-15(13)22-3/h4-9,12H,10-11H2,1-3H3,(H,19,21)/p+1/t12-/m1/s1. The zero-order chi connectivity index (χ0) is 16.8. The molecule has 1 amide bonds. The van der Waals surface area contributed by atoms with Crippen molar-refractivity contribution in [3.63, 3.8) is 0 Å². The van der Waals surface area contributed by atoms with Crippen molar-refractivity contribution in [1.82, 2.24) is 5.32 Å². The van der Waals surface area contributed by atoms with Crippen LogP contribution in [0.4, 0.5) is 0 Å². The van der Waals surface area contributed by atoms with E-state index >= 15 is 0 Å². The first-order valence-electron chi connectivity index (χ1n) is 7.46. The number of thiophene rings is 1. The van der Waals surface area contributed by atoms with Crippen molar-refractivity contribution in [3.8, 4) is 5.75 Å². The molecule has 124 valence electrons. The second kappa shape index (κ2) is 8.47. The number of halogens is 1. The second-order valence-corrected chi connectivity index (χ2v) is 7.47. The quantitative estimate of drug-likeness (QED) is 0.753. The monoisotopic (exact) mass is 397 g/mol. The maximum Gasteiger partial charge on any atom is 0.275 e. The number of ether oxygens (including phenoxy) is 1. The first kappa shape index (κ1) is 18.0.